The summed E-state index contributed by atoms with van der Waals surface area (Å²) in [6.45, 7) is 4.97. The Labute approximate surface area is 56.8 Å². The monoisotopic (exact) mass is 133 g/mol. The SMILES string of the molecule is [CH2]COCCCCS. The summed E-state index contributed by atoms with van der Waals surface area (Å²) in [5, 5.41) is 0. The van der Waals surface area contributed by atoms with Gasteiger partial charge in [0.15, 0.2) is 0 Å². The quantitative estimate of drug-likeness (QED) is 0.442. The molecule has 0 unspecified atom stereocenters. The van der Waals surface area contributed by atoms with Gasteiger partial charge < -0.3 is 4.74 Å². The first kappa shape index (κ1) is 8.31. The number of rotatable bonds is 5. The summed E-state index contributed by atoms with van der Waals surface area (Å²) in [5.41, 5.74) is 0. The largest absolute Gasteiger partial charge is 0.381 e. The predicted octanol–water partition coefficient (Wildman–Crippen LogP) is 1.55. The summed E-state index contributed by atoms with van der Waals surface area (Å²) in [6.07, 6.45) is 2.25. The lowest BCUT2D eigenvalue weighted by atomic mass is 10.4. The van der Waals surface area contributed by atoms with Gasteiger partial charge in [0.2, 0.25) is 0 Å². The molecule has 0 aliphatic carbocycles. The lowest BCUT2D eigenvalue weighted by Gasteiger charge is -1.96. The van der Waals surface area contributed by atoms with Crippen molar-refractivity contribution < 1.29 is 4.74 Å². The molecule has 0 amide bonds. The molecule has 0 bridgehead atoms. The molecule has 0 aliphatic heterocycles. The molecule has 0 saturated carbocycles. The second-order valence-corrected chi connectivity index (χ2v) is 1.99. The zero-order valence-electron chi connectivity index (χ0n) is 5.10. The molecule has 0 aromatic rings. The fourth-order valence-electron chi connectivity index (χ4n) is 0.418. The van der Waals surface area contributed by atoms with Gasteiger partial charge in [0.1, 0.15) is 0 Å². The lowest BCUT2D eigenvalue weighted by Crippen LogP contribution is -1.93. The molecule has 49 valence electrons. The fourth-order valence-corrected chi connectivity index (χ4v) is 0.642. The molecular weight excluding hydrogens is 120 g/mol. The Balaban J connectivity index is 2.53. The predicted molar refractivity (Wildman–Crippen MR) is 39.3 cm³/mol. The average molecular weight is 133 g/mol. The Morgan fingerprint density at radius 3 is 2.62 bits per heavy atom. The van der Waals surface area contributed by atoms with Crippen LogP contribution in [0.1, 0.15) is 12.8 Å². The first-order valence-electron chi connectivity index (χ1n) is 2.89. The van der Waals surface area contributed by atoms with Gasteiger partial charge in [-0.3, -0.25) is 0 Å². The van der Waals surface area contributed by atoms with Gasteiger partial charge in [0, 0.05) is 13.2 Å². The van der Waals surface area contributed by atoms with Crippen LogP contribution in [-0.4, -0.2) is 19.0 Å². The van der Waals surface area contributed by atoms with Gasteiger partial charge in [-0.25, -0.2) is 0 Å². The van der Waals surface area contributed by atoms with Crippen LogP contribution in [0.2, 0.25) is 0 Å². The van der Waals surface area contributed by atoms with E-state index in [-0.39, 0.29) is 0 Å². The zero-order valence-corrected chi connectivity index (χ0v) is 5.99. The molecule has 1 nitrogen and oxygen atoms in total. The summed E-state index contributed by atoms with van der Waals surface area (Å²) in [5.74, 6) is 0.959. The molecule has 0 aromatic carbocycles. The second kappa shape index (κ2) is 7.31. The molecule has 8 heavy (non-hydrogen) atoms. The lowest BCUT2D eigenvalue weighted by molar-refractivity contribution is 0.158. The molecule has 0 N–H and O–H groups in total. The van der Waals surface area contributed by atoms with Gasteiger partial charge in [-0.15, -0.1) is 0 Å². The maximum absolute atomic E-state index is 4.99. The molecule has 0 spiro atoms. The van der Waals surface area contributed by atoms with Crippen molar-refractivity contribution in [1.82, 2.24) is 0 Å². The van der Waals surface area contributed by atoms with E-state index in [4.69, 9.17) is 4.74 Å². The topological polar surface area (TPSA) is 9.23 Å². The summed E-state index contributed by atoms with van der Waals surface area (Å²) in [4.78, 5) is 0. The highest BCUT2D eigenvalue weighted by molar-refractivity contribution is 7.80. The van der Waals surface area contributed by atoms with Crippen LogP contribution in [0, 0.1) is 6.92 Å². The summed E-state index contributed by atoms with van der Waals surface area (Å²) in [7, 11) is 0. The van der Waals surface area contributed by atoms with Crippen molar-refractivity contribution in [1.29, 1.82) is 0 Å². The Bertz CT molecular complexity index is 33.5. The first-order valence-corrected chi connectivity index (χ1v) is 3.53. The van der Waals surface area contributed by atoms with Crippen molar-refractivity contribution in [3.63, 3.8) is 0 Å². The number of unbranched alkanes of at least 4 members (excludes halogenated alkanes) is 1. The van der Waals surface area contributed by atoms with Crippen molar-refractivity contribution in [2.45, 2.75) is 12.8 Å². The summed E-state index contributed by atoms with van der Waals surface area (Å²) in [6, 6.07) is 0. The molecule has 0 saturated heterocycles. The minimum Gasteiger partial charge on any atom is -0.381 e. The molecular formula is C6H13OS. The van der Waals surface area contributed by atoms with Crippen LogP contribution in [-0.2, 0) is 4.74 Å². The maximum Gasteiger partial charge on any atom is 0.0466 e. The highest BCUT2D eigenvalue weighted by Crippen LogP contribution is 1.90. The van der Waals surface area contributed by atoms with Gasteiger partial charge in [-0.1, -0.05) is 0 Å². The highest BCUT2D eigenvalue weighted by atomic mass is 32.1. The molecule has 0 heterocycles. The van der Waals surface area contributed by atoms with Gasteiger partial charge in [-0.05, 0) is 25.5 Å². The van der Waals surface area contributed by atoms with E-state index in [0.717, 1.165) is 25.2 Å². The van der Waals surface area contributed by atoms with Crippen LogP contribution >= 0.6 is 12.6 Å². The van der Waals surface area contributed by atoms with Crippen molar-refractivity contribution in [3.05, 3.63) is 6.92 Å². The van der Waals surface area contributed by atoms with Gasteiger partial charge in [-0.2, -0.15) is 12.6 Å². The fraction of sp³-hybridized carbons (Fsp3) is 0.833. The van der Waals surface area contributed by atoms with Gasteiger partial charge in [0.25, 0.3) is 0 Å². The third kappa shape index (κ3) is 6.31. The zero-order chi connectivity index (χ0) is 6.24. The summed E-state index contributed by atoms with van der Waals surface area (Å²) < 4.78 is 4.99. The van der Waals surface area contributed by atoms with E-state index >= 15 is 0 Å². The van der Waals surface area contributed by atoms with Crippen molar-refractivity contribution in [2.24, 2.45) is 0 Å². The molecule has 0 fully saturated rings. The third-order valence-corrected chi connectivity index (χ3v) is 1.16. The highest BCUT2D eigenvalue weighted by Gasteiger charge is 1.82. The average Bonchev–Trinajstić information content (AvgIpc) is 1.81. The van der Waals surface area contributed by atoms with E-state index in [2.05, 4.69) is 19.6 Å². The van der Waals surface area contributed by atoms with E-state index in [1.807, 2.05) is 0 Å². The maximum atomic E-state index is 4.99. The molecule has 0 atom stereocenters. The van der Waals surface area contributed by atoms with E-state index in [1.165, 1.54) is 0 Å². The second-order valence-electron chi connectivity index (χ2n) is 1.54. The first-order chi connectivity index (χ1) is 3.91. The molecule has 0 aliphatic rings. The van der Waals surface area contributed by atoms with Crippen molar-refractivity contribution in [2.75, 3.05) is 19.0 Å². The number of ether oxygens (including phenoxy) is 1. The van der Waals surface area contributed by atoms with Crippen LogP contribution in [0.4, 0.5) is 0 Å². The molecule has 0 rings (SSSR count). The van der Waals surface area contributed by atoms with Crippen LogP contribution in [0.25, 0.3) is 0 Å². The van der Waals surface area contributed by atoms with Gasteiger partial charge >= 0.3 is 0 Å². The van der Waals surface area contributed by atoms with Crippen LogP contribution in [0.15, 0.2) is 0 Å². The summed E-state index contributed by atoms with van der Waals surface area (Å²) >= 11 is 4.05. The van der Waals surface area contributed by atoms with E-state index in [1.54, 1.807) is 0 Å². The Morgan fingerprint density at radius 1 is 1.38 bits per heavy atom. The number of hydrogen-bond acceptors (Lipinski definition) is 2. The van der Waals surface area contributed by atoms with Crippen LogP contribution in [0.3, 0.4) is 0 Å². The minimum absolute atomic E-state index is 0.590. The number of hydrogen-bond donors (Lipinski definition) is 1. The van der Waals surface area contributed by atoms with Crippen LogP contribution in [0.5, 0.6) is 0 Å². The molecule has 1 radical (unpaired) electrons. The van der Waals surface area contributed by atoms with Crippen LogP contribution < -0.4 is 0 Å². The number of thiol groups is 1. The molecule has 0 aromatic heterocycles. The van der Waals surface area contributed by atoms with Crippen molar-refractivity contribution in [3.8, 4) is 0 Å². The Kier molecular flexibility index (Phi) is 7.59. The molecule has 2 heteroatoms. The van der Waals surface area contributed by atoms with E-state index in [9.17, 15) is 0 Å². The standard InChI is InChI=1S/C6H13OS/c1-2-7-5-3-4-6-8/h8H,1-6H2. The van der Waals surface area contributed by atoms with E-state index in [0.29, 0.717) is 6.61 Å². The Hall–Kier alpha value is 0.310. The van der Waals surface area contributed by atoms with E-state index < -0.39 is 0 Å². The minimum atomic E-state index is 0.590. The Morgan fingerprint density at radius 2 is 2.12 bits per heavy atom. The normalized spacial score (nSPS) is 9.75. The smallest absolute Gasteiger partial charge is 0.0466 e. The third-order valence-electron chi connectivity index (χ3n) is 0.841. The van der Waals surface area contributed by atoms with Gasteiger partial charge in [0.05, 0.1) is 0 Å². The van der Waals surface area contributed by atoms with Crippen molar-refractivity contribution >= 4 is 12.6 Å².